The van der Waals surface area contributed by atoms with E-state index in [1.807, 2.05) is 41.3 Å². The molecule has 2 aromatic heterocycles. The van der Waals surface area contributed by atoms with Gasteiger partial charge in [-0.2, -0.15) is 5.10 Å². The van der Waals surface area contributed by atoms with Gasteiger partial charge in [-0.05, 0) is 37.1 Å². The molecule has 0 saturated carbocycles. The fraction of sp³-hybridized carbons (Fsp3) is 0.273. The van der Waals surface area contributed by atoms with Gasteiger partial charge >= 0.3 is 0 Å². The van der Waals surface area contributed by atoms with E-state index in [1.54, 1.807) is 22.1 Å². The molecule has 2 aromatic carbocycles. The number of thiazole rings is 1. The van der Waals surface area contributed by atoms with Crippen molar-refractivity contribution in [3.63, 3.8) is 0 Å². The average Bonchev–Trinajstić information content (AvgIpc) is 3.40. The molecule has 1 atom stereocenters. The molecule has 5 rings (SSSR count). The van der Waals surface area contributed by atoms with Crippen molar-refractivity contribution in [2.75, 3.05) is 6.54 Å². The highest BCUT2D eigenvalue weighted by molar-refractivity contribution is 7.18. The molecule has 29 heavy (non-hydrogen) atoms. The lowest BCUT2D eigenvalue weighted by Crippen LogP contribution is -2.31. The van der Waals surface area contributed by atoms with Crippen molar-refractivity contribution in [2.24, 2.45) is 0 Å². The Kier molecular flexibility index (Phi) is 4.60. The Hall–Kier alpha value is -3.06. The number of benzene rings is 2. The number of para-hydroxylation sites is 2. The number of aromatic nitrogens is 3. The van der Waals surface area contributed by atoms with E-state index in [2.05, 4.69) is 11.2 Å². The smallest absolute Gasteiger partial charge is 0.225 e. The first kappa shape index (κ1) is 18.0. The fourth-order valence-corrected chi connectivity index (χ4v) is 5.15. The van der Waals surface area contributed by atoms with Crippen LogP contribution in [-0.2, 0) is 11.3 Å². The first-order valence-electron chi connectivity index (χ1n) is 9.80. The number of aryl methyl sites for hydroxylation is 1. The second-order valence-electron chi connectivity index (χ2n) is 7.26. The Morgan fingerprint density at radius 1 is 1.14 bits per heavy atom. The van der Waals surface area contributed by atoms with Gasteiger partial charge in [-0.25, -0.2) is 4.98 Å². The zero-order chi connectivity index (χ0) is 19.8. The molecule has 0 bridgehead atoms. The lowest BCUT2D eigenvalue weighted by atomic mass is 10.2. The minimum atomic E-state index is -0.0985. The molecule has 6 nitrogen and oxygen atoms in total. The third kappa shape index (κ3) is 3.31. The molecule has 0 radical (unpaired) electrons. The maximum absolute atomic E-state index is 13.0. The molecule has 0 unspecified atom stereocenters. The predicted molar refractivity (Wildman–Crippen MR) is 114 cm³/mol. The number of hydrogen-bond donors (Lipinski definition) is 0. The number of hydrogen-bond acceptors (Lipinski definition) is 5. The van der Waals surface area contributed by atoms with E-state index < -0.39 is 0 Å². The second-order valence-corrected chi connectivity index (χ2v) is 8.33. The molecule has 0 spiro atoms. The van der Waals surface area contributed by atoms with Gasteiger partial charge in [0.2, 0.25) is 11.3 Å². The summed E-state index contributed by atoms with van der Waals surface area (Å²) in [5, 5.41) is 5.88. The lowest BCUT2D eigenvalue weighted by Gasteiger charge is -2.23. The Balaban J connectivity index is 1.35. The van der Waals surface area contributed by atoms with Gasteiger partial charge in [0.15, 0.2) is 0 Å². The van der Waals surface area contributed by atoms with Crippen LogP contribution in [0.1, 0.15) is 30.3 Å². The molecule has 0 N–H and O–H groups in total. The average molecular weight is 404 g/mol. The number of fused-ring (bicyclic) bond motifs is 2. The quantitative estimate of drug-likeness (QED) is 0.519. The normalized spacial score (nSPS) is 16.7. The summed E-state index contributed by atoms with van der Waals surface area (Å²) in [4.78, 5) is 31.7. The van der Waals surface area contributed by atoms with Crippen LogP contribution in [-0.4, -0.2) is 32.1 Å². The first-order chi connectivity index (χ1) is 14.2. The highest BCUT2D eigenvalue weighted by Crippen LogP contribution is 2.36. The Bertz CT molecular complexity index is 1230. The van der Waals surface area contributed by atoms with Gasteiger partial charge in [0.25, 0.3) is 0 Å². The highest BCUT2D eigenvalue weighted by atomic mass is 32.1. The minimum absolute atomic E-state index is 0.0543. The lowest BCUT2D eigenvalue weighted by molar-refractivity contribution is -0.132. The highest BCUT2D eigenvalue weighted by Gasteiger charge is 2.32. The van der Waals surface area contributed by atoms with Crippen LogP contribution in [0.25, 0.3) is 21.1 Å². The predicted octanol–water partition coefficient (Wildman–Crippen LogP) is 3.76. The summed E-state index contributed by atoms with van der Waals surface area (Å²) in [6.07, 6.45) is 3.62. The van der Waals surface area contributed by atoms with E-state index in [0.29, 0.717) is 18.4 Å². The Labute approximate surface area is 171 Å². The monoisotopic (exact) mass is 404 g/mol. The largest absolute Gasteiger partial charge is 0.333 e. The number of likely N-dealkylation sites (tertiary alicyclic amines) is 1. The van der Waals surface area contributed by atoms with E-state index in [0.717, 1.165) is 40.1 Å². The molecular weight excluding hydrogens is 384 g/mol. The van der Waals surface area contributed by atoms with Crippen molar-refractivity contribution in [3.05, 3.63) is 70.0 Å². The molecular formula is C22H20N4O2S. The van der Waals surface area contributed by atoms with Crippen LogP contribution >= 0.6 is 11.3 Å². The van der Waals surface area contributed by atoms with E-state index >= 15 is 0 Å². The minimum Gasteiger partial charge on any atom is -0.333 e. The molecule has 7 heteroatoms. The topological polar surface area (TPSA) is 68.1 Å². The maximum atomic E-state index is 13.0. The number of carbonyl (C=O) groups is 1. The van der Waals surface area contributed by atoms with Crippen LogP contribution in [0.3, 0.4) is 0 Å². The summed E-state index contributed by atoms with van der Waals surface area (Å²) in [5.74, 6) is 0.108. The van der Waals surface area contributed by atoms with Crippen LogP contribution in [0, 0.1) is 0 Å². The van der Waals surface area contributed by atoms with Crippen molar-refractivity contribution in [3.8, 4) is 0 Å². The van der Waals surface area contributed by atoms with Gasteiger partial charge < -0.3 is 4.90 Å². The summed E-state index contributed by atoms with van der Waals surface area (Å²) in [7, 11) is 0. The zero-order valence-electron chi connectivity index (χ0n) is 15.8. The van der Waals surface area contributed by atoms with Gasteiger partial charge in [-0.15, -0.1) is 11.3 Å². The van der Waals surface area contributed by atoms with Crippen LogP contribution in [0.5, 0.6) is 0 Å². The molecule has 1 amide bonds. The molecule has 3 heterocycles. The van der Waals surface area contributed by atoms with Crippen LogP contribution in [0.2, 0.25) is 0 Å². The second kappa shape index (κ2) is 7.40. The van der Waals surface area contributed by atoms with Gasteiger partial charge in [-0.1, -0.05) is 24.3 Å². The van der Waals surface area contributed by atoms with Gasteiger partial charge in [0.05, 0.1) is 34.5 Å². The van der Waals surface area contributed by atoms with Crippen LogP contribution in [0.4, 0.5) is 0 Å². The number of amides is 1. The van der Waals surface area contributed by atoms with E-state index in [1.165, 1.54) is 6.20 Å². The third-order valence-corrected chi connectivity index (χ3v) is 6.61. The van der Waals surface area contributed by atoms with E-state index in [9.17, 15) is 9.59 Å². The number of rotatable bonds is 4. The van der Waals surface area contributed by atoms with Crippen molar-refractivity contribution in [1.29, 1.82) is 0 Å². The number of carbonyl (C=O) groups excluding carboxylic acids is 1. The zero-order valence-corrected chi connectivity index (χ0v) is 16.6. The third-order valence-electron chi connectivity index (χ3n) is 5.47. The molecule has 1 aliphatic rings. The standard InChI is InChI=1S/C22H20N4O2S/c27-19-14-23-26(17-8-3-1-6-15(17)19)13-11-21(28)25-12-5-9-18(25)22-24-16-7-2-4-10-20(16)29-22/h1-4,6-8,10,14,18H,5,9,11-13H2/t18-/m0/s1. The molecule has 4 aromatic rings. The summed E-state index contributed by atoms with van der Waals surface area (Å²) < 4.78 is 2.91. The maximum Gasteiger partial charge on any atom is 0.225 e. The summed E-state index contributed by atoms with van der Waals surface area (Å²) >= 11 is 1.68. The van der Waals surface area contributed by atoms with Crippen molar-refractivity contribution < 1.29 is 4.79 Å². The molecule has 1 fully saturated rings. The molecule has 1 aliphatic heterocycles. The van der Waals surface area contributed by atoms with Crippen molar-refractivity contribution >= 4 is 38.4 Å². The molecule has 146 valence electrons. The number of nitrogens with zero attached hydrogens (tertiary/aromatic N) is 4. The molecule has 0 aliphatic carbocycles. The summed E-state index contributed by atoms with van der Waals surface area (Å²) in [6.45, 7) is 1.21. The van der Waals surface area contributed by atoms with Crippen LogP contribution in [0.15, 0.2) is 59.5 Å². The van der Waals surface area contributed by atoms with E-state index in [4.69, 9.17) is 4.98 Å². The van der Waals surface area contributed by atoms with Crippen molar-refractivity contribution in [2.45, 2.75) is 31.8 Å². The SMILES string of the molecule is O=C(CCn1ncc(=O)c2ccccc21)N1CCC[C@H]1c1nc2ccccc2s1. The summed E-state index contributed by atoms with van der Waals surface area (Å²) in [6, 6.07) is 15.5. The fourth-order valence-electron chi connectivity index (χ4n) is 4.04. The Morgan fingerprint density at radius 3 is 2.86 bits per heavy atom. The van der Waals surface area contributed by atoms with Gasteiger partial charge in [0, 0.05) is 18.4 Å². The molecule has 1 saturated heterocycles. The first-order valence-corrected chi connectivity index (χ1v) is 10.6. The van der Waals surface area contributed by atoms with E-state index in [-0.39, 0.29) is 17.4 Å². The van der Waals surface area contributed by atoms with Gasteiger partial charge in [-0.3, -0.25) is 14.3 Å². The summed E-state index contributed by atoms with van der Waals surface area (Å²) in [5.41, 5.74) is 1.66. The van der Waals surface area contributed by atoms with Crippen LogP contribution < -0.4 is 5.43 Å². The van der Waals surface area contributed by atoms with Gasteiger partial charge in [0.1, 0.15) is 5.01 Å². The van der Waals surface area contributed by atoms with Crippen molar-refractivity contribution in [1.82, 2.24) is 19.7 Å². The Morgan fingerprint density at radius 2 is 1.97 bits per heavy atom.